The van der Waals surface area contributed by atoms with Gasteiger partial charge in [0, 0.05) is 0 Å². The molecule has 0 atom stereocenters. The van der Waals surface area contributed by atoms with E-state index in [1.165, 1.54) is 23.0 Å². The van der Waals surface area contributed by atoms with Gasteiger partial charge in [0.25, 0.3) is 5.56 Å². The average Bonchev–Trinajstić information content (AvgIpc) is 2.96. The van der Waals surface area contributed by atoms with Gasteiger partial charge in [-0.3, -0.25) is 9.36 Å². The molecule has 0 unspecified atom stereocenters. The minimum Gasteiger partial charge on any atom is -0.462 e. The Bertz CT molecular complexity index is 1030. The van der Waals surface area contributed by atoms with Gasteiger partial charge in [0.1, 0.15) is 15.5 Å². The van der Waals surface area contributed by atoms with Gasteiger partial charge < -0.3 is 9.47 Å². The van der Waals surface area contributed by atoms with E-state index in [4.69, 9.17) is 4.74 Å². The van der Waals surface area contributed by atoms with Crippen molar-refractivity contribution < 1.29 is 23.0 Å². The van der Waals surface area contributed by atoms with Gasteiger partial charge in [-0.05, 0) is 37.1 Å². The Balaban J connectivity index is 1.92. The van der Waals surface area contributed by atoms with Crippen LogP contribution < -0.4 is 10.3 Å². The monoisotopic (exact) mass is 394 g/mol. The third-order valence-electron chi connectivity index (χ3n) is 3.88. The number of halogens is 2. The van der Waals surface area contributed by atoms with Crippen molar-refractivity contribution in [2.45, 2.75) is 27.0 Å². The van der Waals surface area contributed by atoms with E-state index in [-0.39, 0.29) is 24.5 Å². The second-order valence-corrected chi connectivity index (χ2v) is 6.66. The summed E-state index contributed by atoms with van der Waals surface area (Å²) >= 11 is 1.12. The zero-order chi connectivity index (χ0) is 19.6. The van der Waals surface area contributed by atoms with Crippen LogP contribution in [0.4, 0.5) is 8.78 Å². The topological polar surface area (TPSA) is 70.4 Å². The van der Waals surface area contributed by atoms with Gasteiger partial charge in [0.15, 0.2) is 0 Å². The van der Waals surface area contributed by atoms with Crippen LogP contribution in [0.1, 0.15) is 27.7 Å². The number of aromatic nitrogens is 2. The lowest BCUT2D eigenvalue weighted by molar-refractivity contribution is -0.0498. The maximum absolute atomic E-state index is 12.8. The minimum atomic E-state index is -2.89. The first-order valence-electron chi connectivity index (χ1n) is 8.10. The van der Waals surface area contributed by atoms with E-state index in [1.807, 2.05) is 0 Å². The molecule has 0 amide bonds. The zero-order valence-corrected chi connectivity index (χ0v) is 15.4. The number of aryl methyl sites for hydroxylation is 1. The number of hydrogen-bond acceptors (Lipinski definition) is 6. The number of alkyl halides is 2. The summed E-state index contributed by atoms with van der Waals surface area (Å²) in [6.07, 6.45) is 1.40. The first-order valence-corrected chi connectivity index (χ1v) is 8.91. The molecule has 0 aliphatic rings. The summed E-state index contributed by atoms with van der Waals surface area (Å²) in [5.74, 6) is -0.430. The number of thiophene rings is 1. The number of rotatable bonds is 6. The van der Waals surface area contributed by atoms with Gasteiger partial charge in [-0.2, -0.15) is 8.78 Å². The number of ether oxygens (including phenoxy) is 2. The Kier molecular flexibility index (Phi) is 5.50. The van der Waals surface area contributed by atoms with Crippen molar-refractivity contribution in [2.75, 3.05) is 6.61 Å². The van der Waals surface area contributed by atoms with E-state index >= 15 is 0 Å². The normalized spacial score (nSPS) is 11.1. The Hall–Kier alpha value is -2.81. The number of hydrogen-bond donors (Lipinski definition) is 0. The van der Waals surface area contributed by atoms with E-state index in [0.717, 1.165) is 16.9 Å². The molecule has 0 N–H and O–H groups in total. The van der Waals surface area contributed by atoms with Crippen molar-refractivity contribution in [3.8, 4) is 5.75 Å². The van der Waals surface area contributed by atoms with Gasteiger partial charge in [-0.15, -0.1) is 11.3 Å². The molecule has 9 heteroatoms. The Morgan fingerprint density at radius 3 is 2.63 bits per heavy atom. The van der Waals surface area contributed by atoms with Crippen molar-refractivity contribution in [3.63, 3.8) is 0 Å². The molecule has 0 fully saturated rings. The Morgan fingerprint density at radius 2 is 2.00 bits per heavy atom. The fraction of sp³-hybridized carbons (Fsp3) is 0.278. The van der Waals surface area contributed by atoms with Crippen LogP contribution in [0.2, 0.25) is 0 Å². The lowest BCUT2D eigenvalue weighted by Crippen LogP contribution is -2.21. The maximum atomic E-state index is 12.8. The highest BCUT2D eigenvalue weighted by Gasteiger charge is 2.20. The van der Waals surface area contributed by atoms with Crippen molar-refractivity contribution in [3.05, 3.63) is 57.0 Å². The smallest absolute Gasteiger partial charge is 0.387 e. The molecule has 0 saturated carbocycles. The fourth-order valence-electron chi connectivity index (χ4n) is 2.64. The number of esters is 1. The van der Waals surface area contributed by atoms with Crippen LogP contribution in [0, 0.1) is 6.92 Å². The molecular weight excluding hydrogens is 378 g/mol. The van der Waals surface area contributed by atoms with Crippen LogP contribution in [0.3, 0.4) is 0 Å². The molecule has 0 bridgehead atoms. The van der Waals surface area contributed by atoms with E-state index in [0.29, 0.717) is 20.7 Å². The quantitative estimate of drug-likeness (QED) is 0.598. The number of nitrogens with zero attached hydrogens (tertiary/aromatic N) is 2. The number of benzene rings is 1. The molecule has 0 saturated heterocycles. The summed E-state index contributed by atoms with van der Waals surface area (Å²) < 4.78 is 35.1. The number of carbonyl (C=O) groups is 1. The molecule has 142 valence electrons. The van der Waals surface area contributed by atoms with Crippen LogP contribution in [0.15, 0.2) is 35.4 Å². The van der Waals surface area contributed by atoms with Gasteiger partial charge in [-0.1, -0.05) is 12.1 Å². The van der Waals surface area contributed by atoms with Gasteiger partial charge in [0.05, 0.1) is 24.9 Å². The molecule has 3 aromatic rings. The van der Waals surface area contributed by atoms with Crippen LogP contribution >= 0.6 is 11.3 Å². The highest BCUT2D eigenvalue weighted by molar-refractivity contribution is 7.20. The fourth-order valence-corrected chi connectivity index (χ4v) is 3.67. The van der Waals surface area contributed by atoms with Gasteiger partial charge >= 0.3 is 12.6 Å². The summed E-state index contributed by atoms with van der Waals surface area (Å²) in [5.41, 5.74) is 0.983. The molecule has 27 heavy (non-hydrogen) atoms. The summed E-state index contributed by atoms with van der Waals surface area (Å²) in [5, 5.41) is 0.378. The first kappa shape index (κ1) is 19.0. The second kappa shape index (κ2) is 7.83. The molecule has 0 radical (unpaired) electrons. The lowest BCUT2D eigenvalue weighted by Gasteiger charge is -2.08. The van der Waals surface area contributed by atoms with Crippen LogP contribution in [0.25, 0.3) is 10.2 Å². The Morgan fingerprint density at radius 1 is 1.30 bits per heavy atom. The lowest BCUT2D eigenvalue weighted by atomic mass is 10.2. The number of carbonyl (C=O) groups excluding carboxylic acids is 1. The van der Waals surface area contributed by atoms with Gasteiger partial charge in [0.2, 0.25) is 0 Å². The number of fused-ring (bicyclic) bond motifs is 1. The Labute approximate surface area is 157 Å². The summed E-state index contributed by atoms with van der Waals surface area (Å²) in [6.45, 7) is 0.967. The van der Waals surface area contributed by atoms with Crippen LogP contribution in [0.5, 0.6) is 5.75 Å². The highest BCUT2D eigenvalue weighted by Crippen LogP contribution is 2.27. The SMILES string of the molecule is CCOC(=O)c1sc2ncn(Cc3ccc(OC(F)F)cc3)c(=O)c2c1C. The zero-order valence-electron chi connectivity index (χ0n) is 14.6. The molecule has 2 heterocycles. The second-order valence-electron chi connectivity index (χ2n) is 5.66. The molecule has 1 aromatic carbocycles. The summed E-state index contributed by atoms with van der Waals surface area (Å²) in [6, 6.07) is 6.01. The highest BCUT2D eigenvalue weighted by atomic mass is 32.1. The van der Waals surface area contributed by atoms with Crippen molar-refractivity contribution >= 4 is 27.5 Å². The van der Waals surface area contributed by atoms with Crippen molar-refractivity contribution in [2.24, 2.45) is 0 Å². The molecule has 6 nitrogen and oxygen atoms in total. The molecule has 3 rings (SSSR count). The van der Waals surface area contributed by atoms with Crippen LogP contribution in [-0.4, -0.2) is 28.7 Å². The first-order chi connectivity index (χ1) is 12.9. The van der Waals surface area contributed by atoms with E-state index in [2.05, 4.69) is 9.72 Å². The van der Waals surface area contributed by atoms with E-state index < -0.39 is 12.6 Å². The van der Waals surface area contributed by atoms with E-state index in [1.54, 1.807) is 26.0 Å². The van der Waals surface area contributed by atoms with Crippen molar-refractivity contribution in [1.29, 1.82) is 0 Å². The third kappa shape index (κ3) is 3.97. The largest absolute Gasteiger partial charge is 0.462 e. The predicted octanol–water partition coefficient (Wildman–Crippen LogP) is 3.59. The minimum absolute atomic E-state index is 0.0439. The third-order valence-corrected chi connectivity index (χ3v) is 5.06. The summed E-state index contributed by atoms with van der Waals surface area (Å²) in [4.78, 5) is 29.9. The van der Waals surface area contributed by atoms with Gasteiger partial charge in [-0.25, -0.2) is 9.78 Å². The maximum Gasteiger partial charge on any atom is 0.387 e. The van der Waals surface area contributed by atoms with Crippen LogP contribution in [-0.2, 0) is 11.3 Å². The van der Waals surface area contributed by atoms with E-state index in [9.17, 15) is 18.4 Å². The molecule has 0 aliphatic heterocycles. The average molecular weight is 394 g/mol. The summed E-state index contributed by atoms with van der Waals surface area (Å²) in [7, 11) is 0. The molecular formula is C18H16F2N2O4S. The molecule has 0 aliphatic carbocycles. The molecule has 0 spiro atoms. The van der Waals surface area contributed by atoms with Crippen molar-refractivity contribution in [1.82, 2.24) is 9.55 Å². The predicted molar refractivity (Wildman–Crippen MR) is 96.7 cm³/mol. The molecule has 2 aromatic heterocycles. The standard InChI is InChI=1S/C18H16F2N2O4S/c1-3-25-17(24)14-10(2)13-15(27-14)21-9-22(16(13)23)8-11-4-6-12(7-5-11)26-18(19)20/h4-7,9,18H,3,8H2,1-2H3.